The van der Waals surface area contributed by atoms with E-state index in [0.717, 1.165) is 18.8 Å². The highest BCUT2D eigenvalue weighted by atomic mass is 32.2. The summed E-state index contributed by atoms with van der Waals surface area (Å²) in [4.78, 5) is 4.41. The lowest BCUT2D eigenvalue weighted by Gasteiger charge is -2.28. The van der Waals surface area contributed by atoms with Crippen molar-refractivity contribution in [2.24, 2.45) is 0 Å². The Labute approximate surface area is 83.1 Å². The van der Waals surface area contributed by atoms with Crippen LogP contribution in [0.25, 0.3) is 0 Å². The fourth-order valence-corrected chi connectivity index (χ4v) is 2.29. The molecular formula is C10H14N2S. The Balaban J connectivity index is 2.20. The van der Waals surface area contributed by atoms with Crippen LogP contribution in [0.15, 0.2) is 23.4 Å². The summed E-state index contributed by atoms with van der Waals surface area (Å²) in [7, 11) is 0. The molecule has 70 valence electrons. The minimum absolute atomic E-state index is 0.697. The van der Waals surface area contributed by atoms with Gasteiger partial charge in [-0.05, 0) is 17.4 Å². The summed E-state index contributed by atoms with van der Waals surface area (Å²) >= 11 is 1.84. The Hall–Kier alpha value is -0.540. The predicted octanol–water partition coefficient (Wildman–Crippen LogP) is 1.88. The lowest BCUT2D eigenvalue weighted by atomic mass is 9.95. The molecule has 0 bridgehead atoms. The zero-order valence-corrected chi connectivity index (χ0v) is 8.60. The Morgan fingerprint density at radius 2 is 2.46 bits per heavy atom. The number of aromatic nitrogens is 1. The second-order valence-corrected chi connectivity index (χ2v) is 4.44. The van der Waals surface area contributed by atoms with Crippen LogP contribution in [-0.2, 0) is 0 Å². The van der Waals surface area contributed by atoms with E-state index in [1.165, 1.54) is 10.6 Å². The summed E-state index contributed by atoms with van der Waals surface area (Å²) in [6, 6.07) is 4.24. The molecule has 0 unspecified atom stereocenters. The van der Waals surface area contributed by atoms with E-state index in [9.17, 15) is 0 Å². The van der Waals surface area contributed by atoms with Crippen molar-refractivity contribution in [1.82, 2.24) is 10.3 Å². The monoisotopic (exact) mass is 194 g/mol. The van der Waals surface area contributed by atoms with Crippen LogP contribution < -0.4 is 5.32 Å². The molecule has 2 heterocycles. The van der Waals surface area contributed by atoms with Crippen molar-refractivity contribution in [3.63, 3.8) is 0 Å². The Bertz CT molecular complexity index is 284. The number of pyridine rings is 1. The van der Waals surface area contributed by atoms with E-state index in [1.807, 2.05) is 24.0 Å². The Morgan fingerprint density at radius 3 is 3.08 bits per heavy atom. The average molecular weight is 194 g/mol. The van der Waals surface area contributed by atoms with Crippen molar-refractivity contribution < 1.29 is 0 Å². The van der Waals surface area contributed by atoms with Gasteiger partial charge >= 0.3 is 0 Å². The Morgan fingerprint density at radius 1 is 1.62 bits per heavy atom. The first-order valence-electron chi connectivity index (χ1n) is 4.70. The van der Waals surface area contributed by atoms with Gasteiger partial charge in [0.15, 0.2) is 0 Å². The molecule has 1 aromatic heterocycles. The molecule has 2 rings (SSSR count). The third-order valence-electron chi connectivity index (χ3n) is 2.30. The minimum atomic E-state index is 0.697. The SMILES string of the molecule is CCSc1ncccc1C1CNC1. The fourth-order valence-electron chi connectivity index (χ4n) is 1.48. The van der Waals surface area contributed by atoms with E-state index in [0.29, 0.717) is 5.92 Å². The molecule has 1 aromatic rings. The van der Waals surface area contributed by atoms with E-state index >= 15 is 0 Å². The molecule has 13 heavy (non-hydrogen) atoms. The molecule has 0 saturated carbocycles. The summed E-state index contributed by atoms with van der Waals surface area (Å²) in [6.07, 6.45) is 1.88. The van der Waals surface area contributed by atoms with Crippen LogP contribution in [0.3, 0.4) is 0 Å². The van der Waals surface area contributed by atoms with Crippen LogP contribution in [-0.4, -0.2) is 23.8 Å². The van der Waals surface area contributed by atoms with E-state index < -0.39 is 0 Å². The summed E-state index contributed by atoms with van der Waals surface area (Å²) in [5.74, 6) is 1.80. The van der Waals surface area contributed by atoms with Gasteiger partial charge in [-0.15, -0.1) is 11.8 Å². The zero-order chi connectivity index (χ0) is 9.10. The summed E-state index contributed by atoms with van der Waals surface area (Å²) in [5, 5.41) is 4.51. The molecular weight excluding hydrogens is 180 g/mol. The normalized spacial score (nSPS) is 17.0. The first-order valence-corrected chi connectivity index (χ1v) is 5.68. The van der Waals surface area contributed by atoms with E-state index in [4.69, 9.17) is 0 Å². The quantitative estimate of drug-likeness (QED) is 0.744. The highest BCUT2D eigenvalue weighted by molar-refractivity contribution is 7.99. The first-order chi connectivity index (χ1) is 6.42. The topological polar surface area (TPSA) is 24.9 Å². The van der Waals surface area contributed by atoms with Crippen LogP contribution >= 0.6 is 11.8 Å². The van der Waals surface area contributed by atoms with Crippen molar-refractivity contribution >= 4 is 11.8 Å². The molecule has 1 saturated heterocycles. The minimum Gasteiger partial charge on any atom is -0.315 e. The second-order valence-electron chi connectivity index (χ2n) is 3.19. The molecule has 0 aliphatic carbocycles. The van der Waals surface area contributed by atoms with Gasteiger partial charge in [0.05, 0.1) is 5.03 Å². The number of thioether (sulfide) groups is 1. The summed E-state index contributed by atoms with van der Waals surface area (Å²) in [5.41, 5.74) is 1.42. The average Bonchev–Trinajstić information content (AvgIpc) is 2.05. The van der Waals surface area contributed by atoms with Gasteiger partial charge < -0.3 is 5.32 Å². The first kappa shape index (κ1) is 9.03. The third-order valence-corrected chi connectivity index (χ3v) is 3.21. The number of hydrogen-bond donors (Lipinski definition) is 1. The van der Waals surface area contributed by atoms with Crippen molar-refractivity contribution in [3.05, 3.63) is 23.9 Å². The van der Waals surface area contributed by atoms with Crippen molar-refractivity contribution in [2.75, 3.05) is 18.8 Å². The molecule has 0 amide bonds. The number of hydrogen-bond acceptors (Lipinski definition) is 3. The van der Waals surface area contributed by atoms with Crippen molar-refractivity contribution in [2.45, 2.75) is 17.9 Å². The molecule has 0 radical (unpaired) electrons. The molecule has 3 heteroatoms. The third kappa shape index (κ3) is 1.86. The van der Waals surface area contributed by atoms with Gasteiger partial charge in [0.1, 0.15) is 0 Å². The van der Waals surface area contributed by atoms with Crippen LogP contribution in [0.2, 0.25) is 0 Å². The van der Waals surface area contributed by atoms with Crippen molar-refractivity contribution in [3.8, 4) is 0 Å². The molecule has 0 aromatic carbocycles. The molecule has 0 atom stereocenters. The van der Waals surface area contributed by atoms with Gasteiger partial charge in [-0.1, -0.05) is 13.0 Å². The maximum atomic E-state index is 4.41. The van der Waals surface area contributed by atoms with Crippen LogP contribution in [0.4, 0.5) is 0 Å². The summed E-state index contributed by atoms with van der Waals surface area (Å²) < 4.78 is 0. The van der Waals surface area contributed by atoms with E-state index in [1.54, 1.807) is 0 Å². The predicted molar refractivity (Wildman–Crippen MR) is 56.2 cm³/mol. The van der Waals surface area contributed by atoms with Gasteiger partial charge in [-0.2, -0.15) is 0 Å². The molecule has 0 spiro atoms. The van der Waals surface area contributed by atoms with Gasteiger partial charge in [-0.3, -0.25) is 0 Å². The number of rotatable bonds is 3. The molecule has 1 N–H and O–H groups in total. The maximum Gasteiger partial charge on any atom is 0.0995 e. The van der Waals surface area contributed by atoms with Crippen LogP contribution in [0.5, 0.6) is 0 Å². The number of nitrogens with one attached hydrogen (secondary N) is 1. The second kappa shape index (κ2) is 4.11. The number of nitrogens with zero attached hydrogens (tertiary/aromatic N) is 1. The van der Waals surface area contributed by atoms with Gasteiger partial charge in [0.2, 0.25) is 0 Å². The molecule has 1 fully saturated rings. The van der Waals surface area contributed by atoms with Gasteiger partial charge in [0.25, 0.3) is 0 Å². The van der Waals surface area contributed by atoms with Crippen LogP contribution in [0, 0.1) is 0 Å². The lowest BCUT2D eigenvalue weighted by molar-refractivity contribution is 0.441. The molecule has 1 aliphatic heterocycles. The van der Waals surface area contributed by atoms with Gasteiger partial charge in [0, 0.05) is 25.2 Å². The van der Waals surface area contributed by atoms with Gasteiger partial charge in [-0.25, -0.2) is 4.98 Å². The standard InChI is InChI=1S/C10H14N2S/c1-2-13-10-9(4-3-5-12-10)8-6-11-7-8/h3-5,8,11H,2,6-7H2,1H3. The highest BCUT2D eigenvalue weighted by Crippen LogP contribution is 2.28. The fraction of sp³-hybridized carbons (Fsp3) is 0.500. The smallest absolute Gasteiger partial charge is 0.0995 e. The molecule has 1 aliphatic rings. The lowest BCUT2D eigenvalue weighted by Crippen LogP contribution is -2.40. The summed E-state index contributed by atoms with van der Waals surface area (Å²) in [6.45, 7) is 4.40. The van der Waals surface area contributed by atoms with Crippen LogP contribution in [0.1, 0.15) is 18.4 Å². The molecule has 2 nitrogen and oxygen atoms in total. The highest BCUT2D eigenvalue weighted by Gasteiger charge is 2.21. The zero-order valence-electron chi connectivity index (χ0n) is 7.79. The maximum absolute atomic E-state index is 4.41. The van der Waals surface area contributed by atoms with E-state index in [2.05, 4.69) is 23.3 Å². The largest absolute Gasteiger partial charge is 0.315 e. The Kier molecular flexibility index (Phi) is 2.86. The van der Waals surface area contributed by atoms with Crippen molar-refractivity contribution in [1.29, 1.82) is 0 Å². The van der Waals surface area contributed by atoms with E-state index in [-0.39, 0.29) is 0 Å².